The van der Waals surface area contributed by atoms with E-state index in [9.17, 15) is 28.9 Å². The number of halogens is 1. The molecular weight excluding hydrogens is 502 g/mol. The number of rotatable bonds is 7. The Kier molecular flexibility index (Phi) is 13.3. The van der Waals surface area contributed by atoms with Crippen LogP contribution in [0.1, 0.15) is 30.2 Å². The van der Waals surface area contributed by atoms with E-state index < -0.39 is 37.8 Å². The number of carboxylic acids is 1. The van der Waals surface area contributed by atoms with Crippen molar-refractivity contribution in [1.29, 1.82) is 0 Å². The fraction of sp³-hybridized carbons (Fsp3) is 0.231. The first-order valence-corrected chi connectivity index (χ1v) is 12.5. The average Bonchev–Trinajstić information content (AvgIpc) is 2.78. The number of hydrogen-bond acceptors (Lipinski definition) is 6. The van der Waals surface area contributed by atoms with Crippen molar-refractivity contribution in [3.63, 3.8) is 0 Å². The Morgan fingerprint density at radius 1 is 1.11 bits per heavy atom. The molecule has 0 bridgehead atoms. The van der Waals surface area contributed by atoms with Crippen LogP contribution >= 0.6 is 7.37 Å². The van der Waals surface area contributed by atoms with Gasteiger partial charge < -0.3 is 24.5 Å². The summed E-state index contributed by atoms with van der Waals surface area (Å²) in [6, 6.07) is 15.3. The van der Waals surface area contributed by atoms with Crippen LogP contribution in [0.3, 0.4) is 0 Å². The van der Waals surface area contributed by atoms with Crippen molar-refractivity contribution in [2.24, 2.45) is 0 Å². The van der Waals surface area contributed by atoms with Crippen molar-refractivity contribution in [3.05, 3.63) is 77.2 Å². The van der Waals surface area contributed by atoms with E-state index in [4.69, 9.17) is 4.98 Å². The molecular formula is C26H23FNNa2O5P. The van der Waals surface area contributed by atoms with Crippen molar-refractivity contribution in [2.75, 3.05) is 6.16 Å². The van der Waals surface area contributed by atoms with E-state index in [2.05, 4.69) is 11.6 Å². The molecule has 0 amide bonds. The molecule has 0 saturated heterocycles. The van der Waals surface area contributed by atoms with Gasteiger partial charge in [-0.05, 0) is 42.3 Å². The molecule has 2 atom stereocenters. The van der Waals surface area contributed by atoms with Crippen LogP contribution in [0.15, 0.2) is 54.6 Å². The third-order valence-corrected chi connectivity index (χ3v) is 6.59. The van der Waals surface area contributed by atoms with E-state index in [0.717, 1.165) is 11.1 Å². The van der Waals surface area contributed by atoms with E-state index in [1.165, 1.54) is 12.1 Å². The number of carbonyl (C=O) groups is 1. The molecule has 0 aliphatic heterocycles. The number of carboxylic acid groups (broad SMARTS) is 1. The first kappa shape index (κ1) is 32.7. The van der Waals surface area contributed by atoms with E-state index in [1.54, 1.807) is 12.1 Å². The second-order valence-corrected chi connectivity index (χ2v) is 9.77. The summed E-state index contributed by atoms with van der Waals surface area (Å²) >= 11 is 0. The minimum Gasteiger partial charge on any atom is -0.790 e. The minimum absolute atomic E-state index is 0. The SMILES string of the molecule is CCc1nc(-c2ccccc2)c(C)c(-c2ccc(F)cc2)c1C#CP(=O)([O-])C[C@H](O)CC(=O)[O-].[Na+].[Na+]. The minimum atomic E-state index is -4.44. The monoisotopic (exact) mass is 525 g/mol. The molecule has 1 unspecified atom stereocenters. The van der Waals surface area contributed by atoms with Gasteiger partial charge in [0.05, 0.1) is 30.4 Å². The number of aliphatic carboxylic acids is 1. The van der Waals surface area contributed by atoms with Gasteiger partial charge in [0.25, 0.3) is 0 Å². The Morgan fingerprint density at radius 2 is 1.72 bits per heavy atom. The van der Waals surface area contributed by atoms with Crippen LogP contribution < -0.4 is 69.1 Å². The largest absolute Gasteiger partial charge is 1.00 e. The van der Waals surface area contributed by atoms with Crippen molar-refractivity contribution < 1.29 is 88.0 Å². The van der Waals surface area contributed by atoms with E-state index in [1.807, 2.05) is 44.2 Å². The van der Waals surface area contributed by atoms with Crippen LogP contribution in [0.25, 0.3) is 22.4 Å². The Morgan fingerprint density at radius 3 is 2.28 bits per heavy atom. The first-order valence-electron chi connectivity index (χ1n) is 10.7. The van der Waals surface area contributed by atoms with Gasteiger partial charge in [-0.1, -0.05) is 55.3 Å². The number of benzene rings is 2. The molecule has 36 heavy (non-hydrogen) atoms. The molecule has 2 aromatic carbocycles. The Bertz CT molecular complexity index is 1310. The topological polar surface area (TPSA) is 113 Å². The normalized spacial score (nSPS) is 12.7. The van der Waals surface area contributed by atoms with Crippen molar-refractivity contribution in [3.8, 4) is 34.0 Å². The number of carbonyl (C=O) groups excluding carboxylic acids is 1. The maximum Gasteiger partial charge on any atom is 1.00 e. The molecule has 1 N–H and O–H groups in total. The molecule has 1 heterocycles. The number of aryl methyl sites for hydroxylation is 1. The molecule has 176 valence electrons. The second kappa shape index (κ2) is 14.6. The molecule has 0 spiro atoms. The van der Waals surface area contributed by atoms with Crippen molar-refractivity contribution in [2.45, 2.75) is 32.8 Å². The smallest absolute Gasteiger partial charge is 0.790 e. The summed E-state index contributed by atoms with van der Waals surface area (Å²) in [6.45, 7) is 3.71. The quantitative estimate of drug-likeness (QED) is 0.199. The molecule has 10 heteroatoms. The zero-order valence-corrected chi connectivity index (χ0v) is 25.6. The first-order chi connectivity index (χ1) is 16.1. The van der Waals surface area contributed by atoms with Gasteiger partial charge in [-0.2, -0.15) is 0 Å². The number of nitrogens with zero attached hydrogens (tertiary/aromatic N) is 1. The van der Waals surface area contributed by atoms with Gasteiger partial charge in [-0.25, -0.2) is 4.39 Å². The van der Waals surface area contributed by atoms with Crippen molar-refractivity contribution >= 4 is 13.3 Å². The summed E-state index contributed by atoms with van der Waals surface area (Å²) in [5, 5.41) is 20.3. The van der Waals surface area contributed by atoms with Crippen LogP contribution in [0.2, 0.25) is 0 Å². The Hall–Kier alpha value is -1.30. The summed E-state index contributed by atoms with van der Waals surface area (Å²) < 4.78 is 26.1. The molecule has 0 fully saturated rings. The summed E-state index contributed by atoms with van der Waals surface area (Å²) in [6.07, 6.45) is -2.78. The Balaban J connectivity index is 0.00000324. The number of aliphatic hydroxyl groups excluding tert-OH is 1. The summed E-state index contributed by atoms with van der Waals surface area (Å²) in [4.78, 5) is 27.9. The molecule has 6 nitrogen and oxygen atoms in total. The molecule has 0 radical (unpaired) electrons. The molecule has 1 aromatic heterocycles. The number of hydrogen-bond donors (Lipinski definition) is 1. The average molecular weight is 525 g/mol. The van der Waals surface area contributed by atoms with Crippen LogP contribution in [-0.2, 0) is 15.8 Å². The maximum atomic E-state index is 13.6. The van der Waals surface area contributed by atoms with Crippen LogP contribution in [0, 0.1) is 24.3 Å². The van der Waals surface area contributed by atoms with Gasteiger partial charge >= 0.3 is 59.1 Å². The molecule has 0 aliphatic carbocycles. The summed E-state index contributed by atoms with van der Waals surface area (Å²) in [5.41, 5.74) is 6.78. The van der Waals surface area contributed by atoms with Gasteiger partial charge in [-0.3, -0.25) is 4.98 Å². The van der Waals surface area contributed by atoms with E-state index in [-0.39, 0.29) is 59.1 Å². The Labute approximate surface area is 254 Å². The van der Waals surface area contributed by atoms with Crippen molar-refractivity contribution in [1.82, 2.24) is 4.98 Å². The van der Waals surface area contributed by atoms with E-state index >= 15 is 0 Å². The zero-order valence-electron chi connectivity index (χ0n) is 20.7. The summed E-state index contributed by atoms with van der Waals surface area (Å²) in [5.74, 6) is 0.747. The number of aromatic nitrogens is 1. The van der Waals surface area contributed by atoms with E-state index in [0.29, 0.717) is 34.5 Å². The van der Waals surface area contributed by atoms with Crippen LogP contribution in [-0.4, -0.2) is 28.3 Å². The summed E-state index contributed by atoms with van der Waals surface area (Å²) in [7, 11) is -4.44. The molecule has 0 aliphatic rings. The molecule has 3 aromatic rings. The van der Waals surface area contributed by atoms with Gasteiger partial charge in [0, 0.05) is 29.7 Å². The van der Waals surface area contributed by atoms with Gasteiger partial charge in [0.1, 0.15) is 5.82 Å². The maximum absolute atomic E-state index is 13.6. The fourth-order valence-electron chi connectivity index (χ4n) is 3.69. The number of pyridine rings is 1. The molecule has 0 saturated carbocycles. The van der Waals surface area contributed by atoms with Crippen LogP contribution in [0.4, 0.5) is 4.39 Å². The number of aliphatic hydroxyl groups is 1. The van der Waals surface area contributed by atoms with Gasteiger partial charge in [-0.15, -0.1) is 0 Å². The predicted octanol–water partition coefficient (Wildman–Crippen LogP) is -3.12. The standard InChI is InChI=1S/C26H25FNO5P.2Na/c1-3-23-22(13-14-34(32,33)16-21(29)15-24(30)31)25(18-9-11-20(27)12-10-18)17(2)26(28-23)19-7-5-4-6-8-19;;/h4-12,21,29H,3,15-16H2,1-2H3,(H,30,31)(H,32,33);;/q;2*+1/p-2/t21-;;/m1../s1. The molecule has 3 rings (SSSR count). The third-order valence-electron chi connectivity index (χ3n) is 5.24. The third kappa shape index (κ3) is 8.63. The van der Waals surface area contributed by atoms with Gasteiger partial charge in [0.2, 0.25) is 0 Å². The van der Waals surface area contributed by atoms with Crippen LogP contribution in [0.5, 0.6) is 0 Å². The predicted molar refractivity (Wildman–Crippen MR) is 124 cm³/mol. The van der Waals surface area contributed by atoms with Gasteiger partial charge in [0.15, 0.2) is 0 Å². The zero-order chi connectivity index (χ0) is 24.9. The second-order valence-electron chi connectivity index (χ2n) is 7.83. The fourth-order valence-corrected chi connectivity index (χ4v) is 4.75.